The molecule has 0 aromatic heterocycles. The third kappa shape index (κ3) is 24.8. The average Bonchev–Trinajstić information content (AvgIpc) is 2.50. The van der Waals surface area contributed by atoms with Gasteiger partial charge in [-0.1, -0.05) is 76.9 Å². The minimum atomic E-state index is -2.71. The van der Waals surface area contributed by atoms with E-state index in [2.05, 4.69) is 23.6 Å². The second-order valence-corrected chi connectivity index (χ2v) is 6.87. The molecular weight excluding hydrogens is 347 g/mol. The van der Waals surface area contributed by atoms with Crippen LogP contribution >= 0.6 is 8.25 Å². The Morgan fingerprint density at radius 3 is 1.70 bits per heavy atom. The number of hydrogen-bond donors (Lipinski definition) is 1. The standard InChI is InChI=1S/C18H37O3P.Cr/c1-2-3-4-5-6-7-8-9-10-11-12-13-14-15-16-17-18-21-22(19)20;/h9-10,22H,2-8,11-18H2,1H3,(H,19,20);/b10-9-;. The topological polar surface area (TPSA) is 46.5 Å². The van der Waals surface area contributed by atoms with Crippen molar-refractivity contribution in [1.82, 2.24) is 0 Å². The Labute approximate surface area is 155 Å². The fraction of sp³-hybridized carbons (Fsp3) is 0.889. The summed E-state index contributed by atoms with van der Waals surface area (Å²) in [6.45, 7) is 2.69. The summed E-state index contributed by atoms with van der Waals surface area (Å²) in [6.07, 6.45) is 22.5. The maximum Gasteiger partial charge on any atom is 0.316 e. The average molecular weight is 384 g/mol. The molecule has 0 aliphatic rings. The Hall–Kier alpha value is 0.422. The van der Waals surface area contributed by atoms with Crippen LogP contribution in [0.25, 0.3) is 0 Å². The molecule has 138 valence electrons. The van der Waals surface area contributed by atoms with Gasteiger partial charge in [0.2, 0.25) is 0 Å². The van der Waals surface area contributed by atoms with E-state index >= 15 is 0 Å². The second-order valence-electron chi connectivity index (χ2n) is 6.05. The van der Waals surface area contributed by atoms with Crippen LogP contribution in [0, 0.1) is 0 Å². The molecule has 23 heavy (non-hydrogen) atoms. The number of rotatable bonds is 17. The third-order valence-electron chi connectivity index (χ3n) is 3.88. The van der Waals surface area contributed by atoms with E-state index in [1.165, 1.54) is 77.0 Å². The molecule has 1 atom stereocenters. The van der Waals surface area contributed by atoms with Crippen molar-refractivity contribution in [2.45, 2.75) is 96.8 Å². The van der Waals surface area contributed by atoms with Crippen molar-refractivity contribution < 1.29 is 31.3 Å². The predicted octanol–water partition coefficient (Wildman–Crippen LogP) is 6.42. The van der Waals surface area contributed by atoms with Crippen molar-refractivity contribution in [2.75, 3.05) is 6.61 Å². The first-order valence-corrected chi connectivity index (χ1v) is 10.5. The van der Waals surface area contributed by atoms with Crippen molar-refractivity contribution in [2.24, 2.45) is 0 Å². The minimum absolute atomic E-state index is 0. The number of unbranched alkanes of at least 4 members (excludes halogenated alkanes) is 12. The van der Waals surface area contributed by atoms with E-state index < -0.39 is 8.25 Å². The molecule has 1 unspecified atom stereocenters. The first-order chi connectivity index (χ1) is 10.8. The molecule has 5 heteroatoms. The van der Waals surface area contributed by atoms with Crippen molar-refractivity contribution in [3.63, 3.8) is 0 Å². The molecule has 1 N–H and O–H groups in total. The maximum absolute atomic E-state index is 10.3. The van der Waals surface area contributed by atoms with Gasteiger partial charge >= 0.3 is 8.25 Å². The summed E-state index contributed by atoms with van der Waals surface area (Å²) in [5, 5.41) is 0. The first kappa shape index (κ1) is 25.7. The van der Waals surface area contributed by atoms with Crippen LogP contribution in [0.3, 0.4) is 0 Å². The van der Waals surface area contributed by atoms with Gasteiger partial charge in [-0.3, -0.25) is 4.57 Å². The van der Waals surface area contributed by atoms with Gasteiger partial charge < -0.3 is 9.42 Å². The monoisotopic (exact) mass is 384 g/mol. The molecule has 0 aromatic rings. The van der Waals surface area contributed by atoms with Gasteiger partial charge in [0.15, 0.2) is 0 Å². The van der Waals surface area contributed by atoms with Gasteiger partial charge in [0.05, 0.1) is 6.61 Å². The van der Waals surface area contributed by atoms with E-state index in [9.17, 15) is 4.57 Å². The van der Waals surface area contributed by atoms with Crippen LogP contribution in [0.15, 0.2) is 12.2 Å². The van der Waals surface area contributed by atoms with Crippen LogP contribution in [0.1, 0.15) is 96.8 Å². The molecule has 0 fully saturated rings. The SMILES string of the molecule is CCCCCCCC/C=C\CCCCCCCCO[PH](=O)O.[Cr]. The molecule has 0 aliphatic carbocycles. The summed E-state index contributed by atoms with van der Waals surface area (Å²) in [5.41, 5.74) is 0. The zero-order valence-electron chi connectivity index (χ0n) is 14.9. The third-order valence-corrected chi connectivity index (χ3v) is 4.33. The minimum Gasteiger partial charge on any atom is -0.326 e. The zero-order valence-corrected chi connectivity index (χ0v) is 17.2. The van der Waals surface area contributed by atoms with Crippen molar-refractivity contribution >= 4 is 8.25 Å². The fourth-order valence-corrected chi connectivity index (χ4v) is 2.83. The molecule has 0 saturated heterocycles. The summed E-state index contributed by atoms with van der Waals surface area (Å²) >= 11 is 0. The van der Waals surface area contributed by atoms with E-state index in [4.69, 9.17) is 4.89 Å². The zero-order chi connectivity index (χ0) is 16.3. The Morgan fingerprint density at radius 1 is 0.783 bits per heavy atom. The maximum atomic E-state index is 10.3. The fourth-order valence-electron chi connectivity index (χ4n) is 2.51. The van der Waals surface area contributed by atoms with Crippen LogP contribution in [0.5, 0.6) is 0 Å². The molecule has 0 aromatic carbocycles. The summed E-state index contributed by atoms with van der Waals surface area (Å²) in [5.74, 6) is 0. The van der Waals surface area contributed by atoms with Crippen molar-refractivity contribution in [3.8, 4) is 0 Å². The van der Waals surface area contributed by atoms with Gasteiger partial charge in [0.25, 0.3) is 0 Å². The molecule has 0 aliphatic heterocycles. The van der Waals surface area contributed by atoms with Gasteiger partial charge in [-0.2, -0.15) is 0 Å². The molecular formula is C18H37CrO3P. The van der Waals surface area contributed by atoms with E-state index in [0.717, 1.165) is 12.8 Å². The predicted molar refractivity (Wildman–Crippen MR) is 96.6 cm³/mol. The van der Waals surface area contributed by atoms with Crippen molar-refractivity contribution in [1.29, 1.82) is 0 Å². The van der Waals surface area contributed by atoms with Gasteiger partial charge in [-0.15, -0.1) is 0 Å². The molecule has 0 heterocycles. The molecule has 0 spiro atoms. The normalized spacial score (nSPS) is 12.4. The van der Waals surface area contributed by atoms with Crippen LogP contribution in [0.4, 0.5) is 0 Å². The Balaban J connectivity index is 0. The van der Waals surface area contributed by atoms with Crippen molar-refractivity contribution in [3.05, 3.63) is 12.2 Å². The molecule has 0 saturated carbocycles. The summed E-state index contributed by atoms with van der Waals surface area (Å²) in [7, 11) is -2.71. The molecule has 0 rings (SSSR count). The van der Waals surface area contributed by atoms with Gasteiger partial charge in [-0.25, -0.2) is 0 Å². The van der Waals surface area contributed by atoms with Crippen LogP contribution < -0.4 is 0 Å². The van der Waals surface area contributed by atoms with E-state index in [1.54, 1.807) is 0 Å². The van der Waals surface area contributed by atoms with Crippen LogP contribution in [-0.2, 0) is 26.4 Å². The largest absolute Gasteiger partial charge is 0.326 e. The molecule has 0 amide bonds. The van der Waals surface area contributed by atoms with Gasteiger partial charge in [0, 0.05) is 17.4 Å². The van der Waals surface area contributed by atoms with Gasteiger partial charge in [-0.05, 0) is 32.1 Å². The van der Waals surface area contributed by atoms with Crippen LogP contribution in [0.2, 0.25) is 0 Å². The quantitative estimate of drug-likeness (QED) is 0.179. The summed E-state index contributed by atoms with van der Waals surface area (Å²) in [6, 6.07) is 0. The summed E-state index contributed by atoms with van der Waals surface area (Å²) in [4.78, 5) is 8.50. The van der Waals surface area contributed by atoms with Gasteiger partial charge in [0.1, 0.15) is 0 Å². The smallest absolute Gasteiger partial charge is 0.316 e. The summed E-state index contributed by atoms with van der Waals surface area (Å²) < 4.78 is 15.0. The van der Waals surface area contributed by atoms with Crippen LogP contribution in [-0.4, -0.2) is 11.5 Å². The van der Waals surface area contributed by atoms with E-state index in [1.807, 2.05) is 0 Å². The van der Waals surface area contributed by atoms with E-state index in [0.29, 0.717) is 6.61 Å². The molecule has 0 bridgehead atoms. The molecule has 0 radical (unpaired) electrons. The number of hydrogen-bond acceptors (Lipinski definition) is 2. The van der Waals surface area contributed by atoms with E-state index in [-0.39, 0.29) is 17.4 Å². The Morgan fingerprint density at radius 2 is 1.22 bits per heavy atom. The molecule has 3 nitrogen and oxygen atoms in total. The first-order valence-electron chi connectivity index (χ1n) is 9.28. The number of allylic oxidation sites excluding steroid dienone is 2. The second kappa shape index (κ2) is 22.4. The Kier molecular flexibility index (Phi) is 25.0. The Bertz CT molecular complexity index is 273.